The van der Waals surface area contributed by atoms with Crippen molar-refractivity contribution in [3.8, 4) is 0 Å². The maximum Gasteiger partial charge on any atom is 0.332 e. The van der Waals surface area contributed by atoms with Gasteiger partial charge in [-0.25, -0.2) is 0 Å². The Kier molecular flexibility index (Phi) is 10.1. The molecule has 0 saturated carbocycles. The van der Waals surface area contributed by atoms with Crippen LogP contribution in [0.1, 0.15) is 80.1 Å². The van der Waals surface area contributed by atoms with Gasteiger partial charge in [0.25, 0.3) is 0 Å². The highest BCUT2D eigenvalue weighted by atomic mass is 28.4. The molecule has 0 fully saturated rings. The van der Waals surface area contributed by atoms with Crippen molar-refractivity contribution in [2.45, 2.75) is 98.8 Å². The summed E-state index contributed by atoms with van der Waals surface area (Å²) in [5, 5.41) is 0. The van der Waals surface area contributed by atoms with Crippen LogP contribution in [0.5, 0.6) is 0 Å². The summed E-state index contributed by atoms with van der Waals surface area (Å²) in [6.45, 7) is 18.9. The zero-order valence-corrected chi connectivity index (χ0v) is 16.9. The molecule has 0 radical (unpaired) electrons. The molecule has 0 aromatic carbocycles. The Morgan fingerprint density at radius 2 is 1.48 bits per heavy atom. The van der Waals surface area contributed by atoms with Gasteiger partial charge in [-0.2, -0.15) is 0 Å². The van der Waals surface area contributed by atoms with Crippen molar-refractivity contribution in [1.29, 1.82) is 0 Å². The summed E-state index contributed by atoms with van der Waals surface area (Å²) in [5.41, 5.74) is -0.0112. The standard InChI is InChI=1S/C18H40O2Si/c1-9-18(6,14-10-12-16(2)3)20-21(7,8)19-15-11-13-17(4)5/h16-17H,9-15H2,1-8H3. The van der Waals surface area contributed by atoms with Crippen LogP contribution in [0, 0.1) is 11.8 Å². The van der Waals surface area contributed by atoms with Crippen LogP contribution < -0.4 is 0 Å². The van der Waals surface area contributed by atoms with Crippen LogP contribution in [0.15, 0.2) is 0 Å². The molecule has 0 N–H and O–H groups in total. The van der Waals surface area contributed by atoms with Crippen molar-refractivity contribution in [3.05, 3.63) is 0 Å². The highest BCUT2D eigenvalue weighted by molar-refractivity contribution is 6.64. The lowest BCUT2D eigenvalue weighted by Gasteiger charge is -2.37. The summed E-state index contributed by atoms with van der Waals surface area (Å²) in [4.78, 5) is 0. The first-order valence-electron chi connectivity index (χ1n) is 8.94. The fraction of sp³-hybridized carbons (Fsp3) is 1.00. The summed E-state index contributed by atoms with van der Waals surface area (Å²) in [6, 6.07) is 0. The first-order chi connectivity index (χ1) is 9.60. The van der Waals surface area contributed by atoms with Gasteiger partial charge in [0, 0.05) is 6.61 Å². The average molecular weight is 317 g/mol. The molecule has 21 heavy (non-hydrogen) atoms. The monoisotopic (exact) mass is 316 g/mol. The van der Waals surface area contributed by atoms with Crippen LogP contribution in [0.4, 0.5) is 0 Å². The van der Waals surface area contributed by atoms with Gasteiger partial charge in [-0.3, -0.25) is 0 Å². The molecule has 0 bridgehead atoms. The third kappa shape index (κ3) is 11.4. The molecule has 0 aliphatic heterocycles. The molecule has 0 spiro atoms. The van der Waals surface area contributed by atoms with Crippen LogP contribution in [-0.4, -0.2) is 20.8 Å². The van der Waals surface area contributed by atoms with Crippen LogP contribution in [0.2, 0.25) is 13.1 Å². The van der Waals surface area contributed by atoms with Gasteiger partial charge in [-0.05, 0) is 57.5 Å². The second-order valence-electron chi connectivity index (χ2n) is 7.98. The van der Waals surface area contributed by atoms with E-state index in [1.807, 2.05) is 0 Å². The minimum absolute atomic E-state index is 0.0112. The number of rotatable bonds is 12. The van der Waals surface area contributed by atoms with Gasteiger partial charge in [0.1, 0.15) is 0 Å². The molecule has 0 aromatic heterocycles. The quantitative estimate of drug-likeness (QED) is 0.317. The van der Waals surface area contributed by atoms with Gasteiger partial charge in [-0.15, -0.1) is 0 Å². The maximum atomic E-state index is 6.48. The second kappa shape index (κ2) is 10.0. The summed E-state index contributed by atoms with van der Waals surface area (Å²) in [5.74, 6) is 1.54. The summed E-state index contributed by atoms with van der Waals surface area (Å²) in [6.07, 6.45) is 7.14. The van der Waals surface area contributed by atoms with Crippen molar-refractivity contribution >= 4 is 8.56 Å². The van der Waals surface area contributed by atoms with E-state index in [2.05, 4.69) is 54.6 Å². The van der Waals surface area contributed by atoms with E-state index < -0.39 is 8.56 Å². The normalized spacial score (nSPS) is 15.7. The highest BCUT2D eigenvalue weighted by Crippen LogP contribution is 2.28. The third-order valence-corrected chi connectivity index (χ3v) is 5.99. The van der Waals surface area contributed by atoms with Gasteiger partial charge < -0.3 is 8.85 Å². The maximum absolute atomic E-state index is 6.48. The molecule has 0 heterocycles. The molecule has 0 aliphatic rings. The van der Waals surface area contributed by atoms with Crippen LogP contribution in [0.3, 0.4) is 0 Å². The molecule has 2 nitrogen and oxygen atoms in total. The van der Waals surface area contributed by atoms with E-state index in [1.54, 1.807) is 0 Å². The van der Waals surface area contributed by atoms with E-state index in [-0.39, 0.29) is 5.60 Å². The first kappa shape index (κ1) is 21.1. The minimum atomic E-state index is -2.01. The molecule has 1 unspecified atom stereocenters. The predicted molar refractivity (Wildman–Crippen MR) is 96.0 cm³/mol. The SMILES string of the molecule is CCC(C)(CCCC(C)C)O[Si](C)(C)OCCCC(C)C. The van der Waals surface area contributed by atoms with Crippen molar-refractivity contribution in [2.75, 3.05) is 6.61 Å². The Bertz CT molecular complexity index is 264. The Balaban J connectivity index is 4.22. The zero-order valence-electron chi connectivity index (χ0n) is 15.9. The third-order valence-electron chi connectivity index (χ3n) is 4.10. The Hall–Kier alpha value is 0.137. The van der Waals surface area contributed by atoms with Crippen LogP contribution in [-0.2, 0) is 8.85 Å². The van der Waals surface area contributed by atoms with Crippen molar-refractivity contribution in [3.63, 3.8) is 0 Å². The lowest BCUT2D eigenvalue weighted by molar-refractivity contribution is 0.0255. The highest BCUT2D eigenvalue weighted by Gasteiger charge is 2.34. The van der Waals surface area contributed by atoms with Crippen molar-refractivity contribution in [2.24, 2.45) is 11.8 Å². The van der Waals surface area contributed by atoms with Gasteiger partial charge in [0.2, 0.25) is 0 Å². The average Bonchev–Trinajstić information content (AvgIpc) is 2.33. The smallest absolute Gasteiger partial charge is 0.332 e. The molecule has 1 atom stereocenters. The Labute approximate surface area is 135 Å². The van der Waals surface area contributed by atoms with Crippen molar-refractivity contribution < 1.29 is 8.85 Å². The molecule has 128 valence electrons. The summed E-state index contributed by atoms with van der Waals surface area (Å²) < 4.78 is 12.6. The fourth-order valence-corrected chi connectivity index (χ4v) is 4.74. The Morgan fingerprint density at radius 1 is 0.952 bits per heavy atom. The van der Waals surface area contributed by atoms with E-state index in [4.69, 9.17) is 8.85 Å². The van der Waals surface area contributed by atoms with E-state index in [9.17, 15) is 0 Å². The first-order valence-corrected chi connectivity index (χ1v) is 11.8. The van der Waals surface area contributed by atoms with Gasteiger partial charge in [0.15, 0.2) is 0 Å². The lowest BCUT2D eigenvalue weighted by atomic mass is 9.94. The predicted octanol–water partition coefficient (Wildman–Crippen LogP) is 6.15. The van der Waals surface area contributed by atoms with Gasteiger partial charge in [0.05, 0.1) is 5.60 Å². The molecule has 0 rings (SSSR count). The van der Waals surface area contributed by atoms with E-state index in [0.29, 0.717) is 0 Å². The number of hydrogen-bond donors (Lipinski definition) is 0. The zero-order chi connectivity index (χ0) is 16.5. The largest absolute Gasteiger partial charge is 0.394 e. The summed E-state index contributed by atoms with van der Waals surface area (Å²) in [7, 11) is -2.01. The lowest BCUT2D eigenvalue weighted by Crippen LogP contribution is -2.45. The Morgan fingerprint density at radius 3 is 1.95 bits per heavy atom. The van der Waals surface area contributed by atoms with E-state index in [0.717, 1.165) is 37.7 Å². The van der Waals surface area contributed by atoms with Gasteiger partial charge >= 0.3 is 8.56 Å². The molecular weight excluding hydrogens is 276 g/mol. The number of hydrogen-bond acceptors (Lipinski definition) is 2. The molecule has 0 aromatic rings. The molecule has 3 heteroatoms. The minimum Gasteiger partial charge on any atom is -0.394 e. The molecule has 0 amide bonds. The molecular formula is C18H40O2Si. The van der Waals surface area contributed by atoms with Crippen LogP contribution in [0.25, 0.3) is 0 Å². The van der Waals surface area contributed by atoms with Crippen molar-refractivity contribution in [1.82, 2.24) is 0 Å². The van der Waals surface area contributed by atoms with Crippen LogP contribution >= 0.6 is 0 Å². The van der Waals surface area contributed by atoms with E-state index >= 15 is 0 Å². The second-order valence-corrected chi connectivity index (χ2v) is 11.3. The van der Waals surface area contributed by atoms with E-state index in [1.165, 1.54) is 19.3 Å². The molecule has 0 aliphatic carbocycles. The summed E-state index contributed by atoms with van der Waals surface area (Å²) >= 11 is 0. The topological polar surface area (TPSA) is 18.5 Å². The van der Waals surface area contributed by atoms with Gasteiger partial charge in [-0.1, -0.05) is 47.5 Å². The molecule has 0 saturated heterocycles. The fourth-order valence-electron chi connectivity index (χ4n) is 2.62.